The molecule has 0 bridgehead atoms. The lowest BCUT2D eigenvalue weighted by molar-refractivity contribution is 0.850. The lowest BCUT2D eigenvalue weighted by Crippen LogP contribution is -2.23. The van der Waals surface area contributed by atoms with Crippen molar-refractivity contribution in [3.05, 3.63) is 24.0 Å². The molecule has 5 nitrogen and oxygen atoms in total. The predicted molar refractivity (Wildman–Crippen MR) is 72.2 cm³/mol. The molecule has 0 spiro atoms. The number of aromatic nitrogens is 2. The van der Waals surface area contributed by atoms with Gasteiger partial charge in [-0.15, -0.1) is 0 Å². The van der Waals surface area contributed by atoms with Gasteiger partial charge in [0.05, 0.1) is 0 Å². The predicted octanol–water partition coefficient (Wildman–Crippen LogP) is 1.93. The van der Waals surface area contributed by atoms with Crippen LogP contribution in [-0.2, 0) is 0 Å². The second-order valence-electron chi connectivity index (χ2n) is 3.95. The Bertz CT molecular complexity index is 611. The van der Waals surface area contributed by atoms with Crippen LogP contribution < -0.4 is 10.6 Å². The van der Waals surface area contributed by atoms with Gasteiger partial charge < -0.3 is 10.6 Å². The molecule has 0 fully saturated rings. The summed E-state index contributed by atoms with van der Waals surface area (Å²) in [6, 6.07) is 5.61. The molecular weight excluding hydrogens is 226 g/mol. The molecule has 18 heavy (non-hydrogen) atoms. The van der Waals surface area contributed by atoms with Gasteiger partial charge >= 0.3 is 0 Å². The zero-order valence-corrected chi connectivity index (χ0v) is 10.5. The molecule has 0 radical (unpaired) electrons. The van der Waals surface area contributed by atoms with Crippen LogP contribution in [0, 0.1) is 11.3 Å². The molecule has 0 aliphatic rings. The van der Waals surface area contributed by atoms with E-state index in [0.29, 0.717) is 11.5 Å². The number of pyridine rings is 2. The van der Waals surface area contributed by atoms with Crippen molar-refractivity contribution in [3.8, 4) is 6.07 Å². The Morgan fingerprint density at radius 2 is 2.06 bits per heavy atom. The van der Waals surface area contributed by atoms with E-state index in [1.807, 2.05) is 0 Å². The van der Waals surface area contributed by atoms with E-state index in [1.165, 1.54) is 0 Å². The zero-order valence-electron chi connectivity index (χ0n) is 10.5. The standard InChI is InChI=1S/C13H15N5/c1-3-18(4-2)13-11-6-12(15)16-8-9(11)5-10(7-14)17-13/h5-6,8H,3-4H2,1-2H3,(H2,15,16). The molecule has 0 atom stereocenters. The fourth-order valence-corrected chi connectivity index (χ4v) is 1.97. The fraction of sp³-hybridized carbons (Fsp3) is 0.308. The summed E-state index contributed by atoms with van der Waals surface area (Å²) in [7, 11) is 0. The van der Waals surface area contributed by atoms with Gasteiger partial charge in [-0.3, -0.25) is 0 Å². The average Bonchev–Trinajstić information content (AvgIpc) is 2.40. The van der Waals surface area contributed by atoms with Crippen LogP contribution in [0.2, 0.25) is 0 Å². The summed E-state index contributed by atoms with van der Waals surface area (Å²) in [6.45, 7) is 5.77. The van der Waals surface area contributed by atoms with Gasteiger partial charge in [0.15, 0.2) is 0 Å². The van der Waals surface area contributed by atoms with Crippen molar-refractivity contribution in [2.45, 2.75) is 13.8 Å². The van der Waals surface area contributed by atoms with E-state index in [0.717, 1.165) is 29.7 Å². The minimum absolute atomic E-state index is 0.399. The number of hydrogen-bond donors (Lipinski definition) is 1. The van der Waals surface area contributed by atoms with Crippen LogP contribution in [0.3, 0.4) is 0 Å². The molecule has 0 unspecified atom stereocenters. The van der Waals surface area contributed by atoms with Crippen LogP contribution >= 0.6 is 0 Å². The maximum Gasteiger partial charge on any atom is 0.143 e. The maximum absolute atomic E-state index is 9.03. The molecule has 2 heterocycles. The summed E-state index contributed by atoms with van der Waals surface area (Å²) in [6.07, 6.45) is 1.68. The molecule has 0 aliphatic carbocycles. The minimum Gasteiger partial charge on any atom is -0.384 e. The Balaban J connectivity index is 2.75. The van der Waals surface area contributed by atoms with Gasteiger partial charge in [-0.05, 0) is 26.0 Å². The molecular formula is C13H15N5. The maximum atomic E-state index is 9.03. The van der Waals surface area contributed by atoms with Gasteiger partial charge in [0, 0.05) is 30.1 Å². The van der Waals surface area contributed by atoms with Gasteiger partial charge in [-0.1, -0.05) is 0 Å². The fourth-order valence-electron chi connectivity index (χ4n) is 1.97. The molecule has 2 aromatic heterocycles. The van der Waals surface area contributed by atoms with Gasteiger partial charge in [-0.2, -0.15) is 5.26 Å². The number of rotatable bonds is 3. The van der Waals surface area contributed by atoms with Crippen molar-refractivity contribution >= 4 is 22.4 Å². The quantitative estimate of drug-likeness (QED) is 0.888. The zero-order chi connectivity index (χ0) is 13.1. The summed E-state index contributed by atoms with van der Waals surface area (Å²) in [5, 5.41) is 10.8. The van der Waals surface area contributed by atoms with E-state index in [-0.39, 0.29) is 0 Å². The summed E-state index contributed by atoms with van der Waals surface area (Å²) in [4.78, 5) is 10.5. The Morgan fingerprint density at radius 3 is 2.67 bits per heavy atom. The topological polar surface area (TPSA) is 78.8 Å². The van der Waals surface area contributed by atoms with E-state index in [9.17, 15) is 0 Å². The van der Waals surface area contributed by atoms with Crippen LogP contribution in [-0.4, -0.2) is 23.1 Å². The molecule has 2 rings (SSSR count). The third-order valence-electron chi connectivity index (χ3n) is 2.89. The van der Waals surface area contributed by atoms with Crippen LogP contribution in [0.1, 0.15) is 19.5 Å². The largest absolute Gasteiger partial charge is 0.384 e. The monoisotopic (exact) mass is 241 g/mol. The molecule has 0 aliphatic heterocycles. The second-order valence-corrected chi connectivity index (χ2v) is 3.95. The second kappa shape index (κ2) is 4.88. The lowest BCUT2D eigenvalue weighted by atomic mass is 10.1. The first-order chi connectivity index (χ1) is 8.69. The smallest absolute Gasteiger partial charge is 0.143 e. The van der Waals surface area contributed by atoms with Gasteiger partial charge in [0.2, 0.25) is 0 Å². The highest BCUT2D eigenvalue weighted by atomic mass is 15.2. The molecule has 2 aromatic rings. The Kier molecular flexibility index (Phi) is 3.28. The summed E-state index contributed by atoms with van der Waals surface area (Å²) < 4.78 is 0. The van der Waals surface area contributed by atoms with E-state index in [1.54, 1.807) is 18.3 Å². The number of hydrogen-bond acceptors (Lipinski definition) is 5. The first kappa shape index (κ1) is 12.1. The van der Waals surface area contributed by atoms with Crippen molar-refractivity contribution in [1.29, 1.82) is 5.26 Å². The normalized spacial score (nSPS) is 10.3. The lowest BCUT2D eigenvalue weighted by Gasteiger charge is -2.21. The highest BCUT2D eigenvalue weighted by Crippen LogP contribution is 2.26. The average molecular weight is 241 g/mol. The number of nitriles is 1. The summed E-state index contributed by atoms with van der Waals surface area (Å²) in [5.74, 6) is 1.26. The van der Waals surface area contributed by atoms with Crippen molar-refractivity contribution in [2.24, 2.45) is 0 Å². The molecule has 92 valence electrons. The van der Waals surface area contributed by atoms with Gasteiger partial charge in [0.1, 0.15) is 23.4 Å². The third-order valence-corrected chi connectivity index (χ3v) is 2.89. The third kappa shape index (κ3) is 2.05. The molecule has 0 amide bonds. The van der Waals surface area contributed by atoms with Crippen molar-refractivity contribution in [3.63, 3.8) is 0 Å². The van der Waals surface area contributed by atoms with Gasteiger partial charge in [0.25, 0.3) is 0 Å². The number of nitrogens with two attached hydrogens (primary N) is 1. The Morgan fingerprint density at radius 1 is 1.33 bits per heavy atom. The number of anilines is 2. The number of fused-ring (bicyclic) bond motifs is 1. The highest BCUT2D eigenvalue weighted by Gasteiger charge is 2.11. The molecule has 5 heteroatoms. The summed E-state index contributed by atoms with van der Waals surface area (Å²) in [5.41, 5.74) is 6.12. The van der Waals surface area contributed by atoms with E-state index >= 15 is 0 Å². The van der Waals surface area contributed by atoms with Crippen LogP contribution in [0.25, 0.3) is 10.8 Å². The van der Waals surface area contributed by atoms with E-state index < -0.39 is 0 Å². The Hall–Kier alpha value is -2.35. The van der Waals surface area contributed by atoms with E-state index in [4.69, 9.17) is 11.0 Å². The number of nitrogens with zero attached hydrogens (tertiary/aromatic N) is 4. The highest BCUT2D eigenvalue weighted by molar-refractivity contribution is 5.93. The molecule has 0 aromatic carbocycles. The molecule has 0 saturated carbocycles. The van der Waals surface area contributed by atoms with Crippen LogP contribution in [0.5, 0.6) is 0 Å². The SMILES string of the molecule is CCN(CC)c1nc(C#N)cc2cnc(N)cc12. The van der Waals surface area contributed by atoms with Crippen molar-refractivity contribution in [2.75, 3.05) is 23.7 Å². The first-order valence-electron chi connectivity index (χ1n) is 5.90. The van der Waals surface area contributed by atoms with Crippen molar-refractivity contribution in [1.82, 2.24) is 9.97 Å². The van der Waals surface area contributed by atoms with E-state index in [2.05, 4.69) is 34.8 Å². The molecule has 0 saturated heterocycles. The first-order valence-corrected chi connectivity index (χ1v) is 5.90. The molecule has 2 N–H and O–H groups in total. The summed E-state index contributed by atoms with van der Waals surface area (Å²) >= 11 is 0. The van der Waals surface area contributed by atoms with Crippen LogP contribution in [0.4, 0.5) is 11.6 Å². The number of nitrogen functional groups attached to an aromatic ring is 1. The van der Waals surface area contributed by atoms with Crippen molar-refractivity contribution < 1.29 is 0 Å². The Labute approximate surface area is 106 Å². The van der Waals surface area contributed by atoms with Gasteiger partial charge in [-0.25, -0.2) is 9.97 Å². The minimum atomic E-state index is 0.399. The van der Waals surface area contributed by atoms with Crippen LogP contribution in [0.15, 0.2) is 18.3 Å².